The average molecular weight is 277 g/mol. The number of hydrogen-bond donors (Lipinski definition) is 2. The first-order valence-corrected chi connectivity index (χ1v) is 5.79. The fraction of sp³-hybridized carbons (Fsp3) is 0.286. The summed E-state index contributed by atoms with van der Waals surface area (Å²) in [6.07, 6.45) is 4.37. The Morgan fingerprint density at radius 3 is 2.60 bits per heavy atom. The smallest absolute Gasteiger partial charge is 0.408 e. The molecule has 0 radical (unpaired) electrons. The van der Waals surface area contributed by atoms with Crippen molar-refractivity contribution in [1.29, 1.82) is 0 Å². The predicted octanol–water partition coefficient (Wildman–Crippen LogP) is 0.836. The summed E-state index contributed by atoms with van der Waals surface area (Å²) in [6.45, 7) is -0.182. The van der Waals surface area contributed by atoms with Crippen LogP contribution in [0.1, 0.15) is 5.56 Å². The maximum atomic E-state index is 11.6. The van der Waals surface area contributed by atoms with Crippen LogP contribution in [0.25, 0.3) is 0 Å². The van der Waals surface area contributed by atoms with Crippen molar-refractivity contribution >= 4 is 12.1 Å². The quantitative estimate of drug-likeness (QED) is 0.615. The lowest BCUT2D eigenvalue weighted by molar-refractivity contribution is -0.142. The summed E-state index contributed by atoms with van der Waals surface area (Å²) in [5, 5.41) is 11.6. The van der Waals surface area contributed by atoms with Crippen molar-refractivity contribution < 1.29 is 24.2 Å². The molecule has 20 heavy (non-hydrogen) atoms. The van der Waals surface area contributed by atoms with E-state index in [1.165, 1.54) is 19.2 Å². The van der Waals surface area contributed by atoms with Gasteiger partial charge in [-0.1, -0.05) is 18.1 Å². The molecule has 1 atom stereocenters. The summed E-state index contributed by atoms with van der Waals surface area (Å²) in [4.78, 5) is 23.0. The van der Waals surface area contributed by atoms with E-state index in [4.69, 9.17) is 6.42 Å². The van der Waals surface area contributed by atoms with Crippen molar-refractivity contribution in [2.24, 2.45) is 0 Å². The zero-order valence-electron chi connectivity index (χ0n) is 11.0. The van der Waals surface area contributed by atoms with E-state index in [9.17, 15) is 14.7 Å². The standard InChI is InChI=1S/C14H15NO5/c1-3-8-20-14(18)15-12(13(17)19-2)9-10-4-6-11(16)7-5-10/h1,4-7,12,16H,8-9H2,2H3,(H,15,18). The van der Waals surface area contributed by atoms with Crippen LogP contribution in [0.4, 0.5) is 4.79 Å². The molecule has 6 heteroatoms. The highest BCUT2D eigenvalue weighted by atomic mass is 16.6. The minimum absolute atomic E-state index is 0.116. The Kier molecular flexibility index (Phi) is 5.91. The van der Waals surface area contributed by atoms with Crippen LogP contribution in [0.2, 0.25) is 0 Å². The number of ether oxygens (including phenoxy) is 2. The highest BCUT2D eigenvalue weighted by molar-refractivity contribution is 5.81. The second-order valence-electron chi connectivity index (χ2n) is 3.87. The number of methoxy groups -OCH3 is 1. The van der Waals surface area contributed by atoms with Gasteiger partial charge in [-0.3, -0.25) is 0 Å². The molecule has 0 aliphatic heterocycles. The molecule has 0 aromatic heterocycles. The first-order valence-electron chi connectivity index (χ1n) is 5.79. The summed E-state index contributed by atoms with van der Waals surface area (Å²) in [5.74, 6) is 1.66. The van der Waals surface area contributed by atoms with Crippen molar-refractivity contribution in [3.8, 4) is 18.1 Å². The van der Waals surface area contributed by atoms with Gasteiger partial charge < -0.3 is 19.9 Å². The lowest BCUT2D eigenvalue weighted by Gasteiger charge is -2.16. The molecule has 106 valence electrons. The van der Waals surface area contributed by atoms with Gasteiger partial charge in [-0.25, -0.2) is 9.59 Å². The van der Waals surface area contributed by atoms with Gasteiger partial charge >= 0.3 is 12.1 Å². The number of alkyl carbamates (subject to hydrolysis) is 1. The molecule has 0 spiro atoms. The van der Waals surface area contributed by atoms with Crippen LogP contribution in [-0.4, -0.2) is 36.9 Å². The Morgan fingerprint density at radius 1 is 1.40 bits per heavy atom. The summed E-state index contributed by atoms with van der Waals surface area (Å²) in [5.41, 5.74) is 0.746. The molecule has 0 aliphatic carbocycles. The first kappa shape index (κ1) is 15.4. The van der Waals surface area contributed by atoms with E-state index in [1.54, 1.807) is 12.1 Å². The Morgan fingerprint density at radius 2 is 2.05 bits per heavy atom. The van der Waals surface area contributed by atoms with Gasteiger partial charge in [0, 0.05) is 6.42 Å². The third-order valence-corrected chi connectivity index (χ3v) is 2.44. The first-order chi connectivity index (χ1) is 9.56. The number of carbonyl (C=O) groups is 2. The van der Waals surface area contributed by atoms with Gasteiger partial charge in [0.2, 0.25) is 0 Å². The maximum absolute atomic E-state index is 11.6. The van der Waals surface area contributed by atoms with Crippen LogP contribution in [0, 0.1) is 12.3 Å². The number of terminal acetylenes is 1. The van der Waals surface area contributed by atoms with Gasteiger partial charge in [-0.05, 0) is 17.7 Å². The SMILES string of the molecule is C#CCOC(=O)NC(Cc1ccc(O)cc1)C(=O)OC. The summed E-state index contributed by atoms with van der Waals surface area (Å²) >= 11 is 0. The fourth-order valence-electron chi connectivity index (χ4n) is 1.49. The number of phenols is 1. The van der Waals surface area contributed by atoms with Gasteiger partial charge in [0.1, 0.15) is 11.8 Å². The van der Waals surface area contributed by atoms with Crippen LogP contribution in [-0.2, 0) is 20.7 Å². The molecule has 6 nitrogen and oxygen atoms in total. The van der Waals surface area contributed by atoms with Crippen LogP contribution in [0.15, 0.2) is 24.3 Å². The molecular weight excluding hydrogens is 262 g/mol. The summed E-state index contributed by atoms with van der Waals surface area (Å²) in [7, 11) is 1.22. The van der Waals surface area contributed by atoms with Crippen LogP contribution in [0.3, 0.4) is 0 Å². The number of esters is 1. The van der Waals surface area contributed by atoms with Crippen molar-refractivity contribution in [1.82, 2.24) is 5.32 Å². The van der Waals surface area contributed by atoms with E-state index in [-0.39, 0.29) is 18.8 Å². The van der Waals surface area contributed by atoms with E-state index in [1.807, 2.05) is 0 Å². The molecule has 0 aliphatic rings. The van der Waals surface area contributed by atoms with E-state index in [0.717, 1.165) is 5.56 Å². The topological polar surface area (TPSA) is 84.9 Å². The number of phenolic OH excluding ortho intramolecular Hbond substituents is 1. The van der Waals surface area contributed by atoms with Crippen molar-refractivity contribution in [2.45, 2.75) is 12.5 Å². The number of carbonyl (C=O) groups excluding carboxylic acids is 2. The number of amides is 1. The number of hydrogen-bond acceptors (Lipinski definition) is 5. The Hall–Kier alpha value is -2.68. The number of nitrogens with one attached hydrogen (secondary N) is 1. The van der Waals surface area contributed by atoms with Crippen molar-refractivity contribution in [3.05, 3.63) is 29.8 Å². The lowest BCUT2D eigenvalue weighted by atomic mass is 10.1. The molecule has 0 heterocycles. The number of benzene rings is 1. The van der Waals surface area contributed by atoms with Crippen molar-refractivity contribution in [3.63, 3.8) is 0 Å². The van der Waals surface area contributed by atoms with E-state index in [2.05, 4.69) is 20.7 Å². The third kappa shape index (κ3) is 4.90. The zero-order valence-corrected chi connectivity index (χ0v) is 11.0. The molecule has 0 bridgehead atoms. The molecule has 1 aromatic carbocycles. The molecular formula is C14H15NO5. The van der Waals surface area contributed by atoms with Gasteiger partial charge in [0.05, 0.1) is 7.11 Å². The van der Waals surface area contributed by atoms with E-state index >= 15 is 0 Å². The Bertz CT molecular complexity index is 503. The average Bonchev–Trinajstić information content (AvgIpc) is 2.45. The zero-order chi connectivity index (χ0) is 15.0. The van der Waals surface area contributed by atoms with Gasteiger partial charge in [0.15, 0.2) is 6.61 Å². The van der Waals surface area contributed by atoms with Gasteiger partial charge in [-0.2, -0.15) is 0 Å². The maximum Gasteiger partial charge on any atom is 0.408 e. The Balaban J connectivity index is 2.69. The molecule has 2 N–H and O–H groups in total. The summed E-state index contributed by atoms with van der Waals surface area (Å²) < 4.78 is 9.25. The minimum atomic E-state index is -0.894. The molecule has 1 rings (SSSR count). The molecule has 0 fully saturated rings. The predicted molar refractivity (Wildman–Crippen MR) is 70.9 cm³/mol. The van der Waals surface area contributed by atoms with Crippen molar-refractivity contribution in [2.75, 3.05) is 13.7 Å². The van der Waals surface area contributed by atoms with E-state index in [0.29, 0.717) is 0 Å². The Labute approximate surface area is 116 Å². The number of rotatable bonds is 5. The highest BCUT2D eigenvalue weighted by Crippen LogP contribution is 2.11. The molecule has 0 saturated heterocycles. The van der Waals surface area contributed by atoms with E-state index < -0.39 is 18.1 Å². The molecule has 0 saturated carbocycles. The number of aromatic hydroxyl groups is 1. The minimum Gasteiger partial charge on any atom is -0.508 e. The van der Waals surface area contributed by atoms with Gasteiger partial charge in [-0.15, -0.1) is 6.42 Å². The fourth-order valence-corrected chi connectivity index (χ4v) is 1.49. The second kappa shape index (κ2) is 7.69. The van der Waals surface area contributed by atoms with Crippen LogP contribution >= 0.6 is 0 Å². The van der Waals surface area contributed by atoms with Gasteiger partial charge in [0.25, 0.3) is 0 Å². The highest BCUT2D eigenvalue weighted by Gasteiger charge is 2.22. The monoisotopic (exact) mass is 277 g/mol. The molecule has 1 amide bonds. The second-order valence-corrected chi connectivity index (χ2v) is 3.87. The van der Waals surface area contributed by atoms with Crippen LogP contribution in [0.5, 0.6) is 5.75 Å². The molecule has 1 aromatic rings. The van der Waals surface area contributed by atoms with Crippen LogP contribution < -0.4 is 5.32 Å². The third-order valence-electron chi connectivity index (χ3n) is 2.44. The lowest BCUT2D eigenvalue weighted by Crippen LogP contribution is -2.43. The normalized spacial score (nSPS) is 11.0. The summed E-state index contributed by atoms with van der Waals surface area (Å²) in [6, 6.07) is 5.36. The molecule has 1 unspecified atom stereocenters. The largest absolute Gasteiger partial charge is 0.508 e.